The van der Waals surface area contributed by atoms with Gasteiger partial charge in [-0.05, 0) is 35.9 Å². The highest BCUT2D eigenvalue weighted by Crippen LogP contribution is 2.24. The zero-order valence-corrected chi connectivity index (χ0v) is 11.5. The maximum absolute atomic E-state index is 11.8. The van der Waals surface area contributed by atoms with E-state index < -0.39 is 0 Å². The molecule has 1 unspecified atom stereocenters. The fourth-order valence-electron chi connectivity index (χ4n) is 2.23. The number of carbonyl (C=O) groups excluding carboxylic acids is 1. The van der Waals surface area contributed by atoms with Crippen molar-refractivity contribution in [1.29, 1.82) is 0 Å². The lowest BCUT2D eigenvalue weighted by molar-refractivity contribution is 0.241. The maximum Gasteiger partial charge on any atom is 0.319 e. The minimum absolute atomic E-state index is 0.181. The summed E-state index contributed by atoms with van der Waals surface area (Å²) in [6.45, 7) is 0. The van der Waals surface area contributed by atoms with E-state index in [2.05, 4.69) is 15.6 Å². The Kier molecular flexibility index (Phi) is 3.55. The summed E-state index contributed by atoms with van der Waals surface area (Å²) < 4.78 is 5.14. The van der Waals surface area contributed by atoms with E-state index in [1.807, 2.05) is 42.5 Å². The number of ether oxygens (including phenoxy) is 1. The van der Waals surface area contributed by atoms with Crippen molar-refractivity contribution in [2.75, 3.05) is 7.11 Å². The van der Waals surface area contributed by atoms with Gasteiger partial charge in [0.1, 0.15) is 5.75 Å². The second kappa shape index (κ2) is 5.66. The summed E-state index contributed by atoms with van der Waals surface area (Å²) in [6, 6.07) is 11.0. The monoisotopic (exact) mass is 281 g/mol. The van der Waals surface area contributed by atoms with E-state index in [0.717, 1.165) is 22.6 Å². The van der Waals surface area contributed by atoms with Crippen molar-refractivity contribution in [2.45, 2.75) is 6.04 Å². The molecule has 2 N–H and O–H groups in total. The topological polar surface area (TPSA) is 63.2 Å². The largest absolute Gasteiger partial charge is 0.497 e. The molecule has 0 spiro atoms. The van der Waals surface area contributed by atoms with Gasteiger partial charge in [-0.25, -0.2) is 4.79 Å². The summed E-state index contributed by atoms with van der Waals surface area (Å²) in [7, 11) is 1.63. The van der Waals surface area contributed by atoms with Crippen LogP contribution in [0, 0.1) is 0 Å². The van der Waals surface area contributed by atoms with E-state index in [1.165, 1.54) is 0 Å². The summed E-state index contributed by atoms with van der Waals surface area (Å²) in [5.41, 5.74) is 2.63. The molecule has 2 heterocycles. The minimum Gasteiger partial charge on any atom is -0.497 e. The molecule has 0 saturated heterocycles. The lowest BCUT2D eigenvalue weighted by atomic mass is 10.0. The van der Waals surface area contributed by atoms with Crippen LogP contribution in [-0.2, 0) is 0 Å². The molecular weight excluding hydrogens is 266 g/mol. The first-order chi connectivity index (χ1) is 10.3. The van der Waals surface area contributed by atoms with Crippen LogP contribution < -0.4 is 15.4 Å². The number of aromatic nitrogens is 1. The summed E-state index contributed by atoms with van der Waals surface area (Å²) >= 11 is 0. The van der Waals surface area contributed by atoms with E-state index in [-0.39, 0.29) is 12.1 Å². The summed E-state index contributed by atoms with van der Waals surface area (Å²) in [5, 5.41) is 5.68. The Morgan fingerprint density at radius 2 is 2.00 bits per heavy atom. The molecule has 106 valence electrons. The SMILES string of the molecule is COc1ccc(C2C=C(c3cccnc3)NC(=O)N2)cc1. The Morgan fingerprint density at radius 1 is 1.19 bits per heavy atom. The van der Waals surface area contributed by atoms with Crippen molar-refractivity contribution in [3.63, 3.8) is 0 Å². The molecule has 0 fully saturated rings. The van der Waals surface area contributed by atoms with E-state index in [4.69, 9.17) is 4.74 Å². The van der Waals surface area contributed by atoms with Crippen molar-refractivity contribution >= 4 is 11.7 Å². The van der Waals surface area contributed by atoms with Crippen molar-refractivity contribution in [1.82, 2.24) is 15.6 Å². The van der Waals surface area contributed by atoms with Crippen LogP contribution >= 0.6 is 0 Å². The van der Waals surface area contributed by atoms with Gasteiger partial charge in [0.2, 0.25) is 0 Å². The number of methoxy groups -OCH3 is 1. The van der Waals surface area contributed by atoms with Crippen LogP contribution in [0.5, 0.6) is 5.75 Å². The number of rotatable bonds is 3. The molecule has 1 aromatic heterocycles. The third kappa shape index (κ3) is 2.86. The third-order valence-electron chi connectivity index (χ3n) is 3.32. The zero-order valence-electron chi connectivity index (χ0n) is 11.5. The van der Waals surface area contributed by atoms with Crippen molar-refractivity contribution in [2.24, 2.45) is 0 Å². The van der Waals surface area contributed by atoms with Gasteiger partial charge < -0.3 is 15.4 Å². The first-order valence-corrected chi connectivity index (χ1v) is 6.60. The van der Waals surface area contributed by atoms with Gasteiger partial charge in [-0.3, -0.25) is 4.98 Å². The fraction of sp³-hybridized carbons (Fsp3) is 0.125. The second-order valence-corrected chi connectivity index (χ2v) is 4.67. The average Bonchev–Trinajstić information content (AvgIpc) is 2.55. The molecule has 0 bridgehead atoms. The van der Waals surface area contributed by atoms with Gasteiger partial charge in [0.15, 0.2) is 0 Å². The lowest BCUT2D eigenvalue weighted by Crippen LogP contribution is -2.40. The number of hydrogen-bond donors (Lipinski definition) is 2. The first kappa shape index (κ1) is 13.2. The standard InChI is InChI=1S/C16H15N3O2/c1-21-13-6-4-11(5-7-13)14-9-15(19-16(20)18-14)12-3-2-8-17-10-12/h2-10,14H,1H3,(H2,18,19,20). The molecular formula is C16H15N3O2. The third-order valence-corrected chi connectivity index (χ3v) is 3.32. The fourth-order valence-corrected chi connectivity index (χ4v) is 2.23. The Balaban J connectivity index is 1.92. The molecule has 5 nitrogen and oxygen atoms in total. The molecule has 2 amide bonds. The molecule has 1 atom stereocenters. The normalized spacial score (nSPS) is 17.5. The Labute approximate surface area is 122 Å². The number of urea groups is 1. The molecule has 5 heteroatoms. The van der Waals surface area contributed by atoms with Crippen LogP contribution in [0.3, 0.4) is 0 Å². The number of hydrogen-bond acceptors (Lipinski definition) is 3. The van der Waals surface area contributed by atoms with Crippen molar-refractivity contribution in [3.05, 3.63) is 66.0 Å². The highest BCUT2D eigenvalue weighted by atomic mass is 16.5. The number of carbonyl (C=O) groups is 1. The molecule has 3 rings (SSSR count). The van der Waals surface area contributed by atoms with Crippen LogP contribution in [0.15, 0.2) is 54.9 Å². The van der Waals surface area contributed by atoms with E-state index in [1.54, 1.807) is 19.5 Å². The Hall–Kier alpha value is -2.82. The molecule has 21 heavy (non-hydrogen) atoms. The lowest BCUT2D eigenvalue weighted by Gasteiger charge is -2.24. The second-order valence-electron chi connectivity index (χ2n) is 4.67. The molecule has 2 aromatic rings. The van der Waals surface area contributed by atoms with E-state index in [9.17, 15) is 4.79 Å². The van der Waals surface area contributed by atoms with Crippen LogP contribution in [0.2, 0.25) is 0 Å². The molecule has 0 radical (unpaired) electrons. The predicted octanol–water partition coefficient (Wildman–Crippen LogP) is 2.49. The summed E-state index contributed by atoms with van der Waals surface area (Å²) in [4.78, 5) is 15.9. The number of pyridine rings is 1. The Bertz CT molecular complexity index is 666. The van der Waals surface area contributed by atoms with Crippen molar-refractivity contribution < 1.29 is 9.53 Å². The predicted molar refractivity (Wildman–Crippen MR) is 79.6 cm³/mol. The number of nitrogens with zero attached hydrogens (tertiary/aromatic N) is 1. The van der Waals surface area contributed by atoms with Gasteiger partial charge >= 0.3 is 6.03 Å². The zero-order chi connectivity index (χ0) is 14.7. The average molecular weight is 281 g/mol. The van der Waals surface area contributed by atoms with E-state index >= 15 is 0 Å². The first-order valence-electron chi connectivity index (χ1n) is 6.60. The van der Waals surface area contributed by atoms with E-state index in [0.29, 0.717) is 0 Å². The Morgan fingerprint density at radius 3 is 2.67 bits per heavy atom. The van der Waals surface area contributed by atoms with Crippen LogP contribution in [0.25, 0.3) is 5.70 Å². The quantitative estimate of drug-likeness (QED) is 0.908. The molecule has 1 aliphatic heterocycles. The molecule has 0 aliphatic carbocycles. The smallest absolute Gasteiger partial charge is 0.319 e. The molecule has 1 aliphatic rings. The highest BCUT2D eigenvalue weighted by molar-refractivity contribution is 5.88. The van der Waals surface area contributed by atoms with Gasteiger partial charge in [0.25, 0.3) is 0 Å². The number of amides is 2. The van der Waals surface area contributed by atoms with Crippen LogP contribution in [-0.4, -0.2) is 18.1 Å². The molecule has 1 aromatic carbocycles. The number of nitrogens with one attached hydrogen (secondary N) is 2. The van der Waals surface area contributed by atoms with Gasteiger partial charge in [-0.2, -0.15) is 0 Å². The highest BCUT2D eigenvalue weighted by Gasteiger charge is 2.20. The summed E-state index contributed by atoms with van der Waals surface area (Å²) in [5.74, 6) is 0.787. The summed E-state index contributed by atoms with van der Waals surface area (Å²) in [6.07, 6.45) is 5.40. The number of benzene rings is 1. The van der Waals surface area contributed by atoms with Crippen molar-refractivity contribution in [3.8, 4) is 5.75 Å². The van der Waals surface area contributed by atoms with Crippen LogP contribution in [0.4, 0.5) is 4.79 Å². The molecule has 0 saturated carbocycles. The minimum atomic E-state index is -0.225. The van der Waals surface area contributed by atoms with Gasteiger partial charge in [-0.1, -0.05) is 12.1 Å². The van der Waals surface area contributed by atoms with Gasteiger partial charge in [0, 0.05) is 23.7 Å². The van der Waals surface area contributed by atoms with Crippen LogP contribution in [0.1, 0.15) is 17.2 Å². The maximum atomic E-state index is 11.8. The van der Waals surface area contributed by atoms with Gasteiger partial charge in [-0.15, -0.1) is 0 Å². The van der Waals surface area contributed by atoms with Gasteiger partial charge in [0.05, 0.1) is 13.2 Å².